The van der Waals surface area contributed by atoms with Crippen molar-refractivity contribution in [3.05, 3.63) is 76.8 Å². The minimum absolute atomic E-state index is 0.414. The Kier molecular flexibility index (Phi) is 6.11. The zero-order valence-electron chi connectivity index (χ0n) is 19.1. The Morgan fingerprint density at radius 3 is 2.68 bits per heavy atom. The first-order valence-electron chi connectivity index (χ1n) is 11.4. The summed E-state index contributed by atoms with van der Waals surface area (Å²) in [5, 5.41) is 5.89. The molecule has 5 rings (SSSR count). The number of aryl methyl sites for hydroxylation is 1. The standard InChI is InChI=1S/C27H25N3O3S/c1-16-12-13-22-20(14-16)24(19-10-6-7-11-21(19)28-22)26(32)33-17(2)25(31)30-27-29-23(15-34-27)18-8-4-3-5-9-18/h3-11,15-17H,12-14H2,1-2H3,(H,29,30,31). The molecule has 2 heterocycles. The first kappa shape index (κ1) is 22.2. The van der Waals surface area contributed by atoms with E-state index in [0.29, 0.717) is 16.6 Å². The number of nitrogens with zero attached hydrogens (tertiary/aromatic N) is 2. The Morgan fingerprint density at radius 2 is 1.85 bits per heavy atom. The van der Waals surface area contributed by atoms with Crippen molar-refractivity contribution in [2.45, 2.75) is 39.2 Å². The molecule has 0 saturated heterocycles. The largest absolute Gasteiger partial charge is 0.449 e. The number of carbonyl (C=O) groups excluding carboxylic acids is 2. The number of aromatic nitrogens is 2. The number of pyridine rings is 1. The molecular weight excluding hydrogens is 446 g/mol. The Hall–Kier alpha value is -3.58. The lowest BCUT2D eigenvalue weighted by molar-refractivity contribution is -0.123. The highest BCUT2D eigenvalue weighted by Crippen LogP contribution is 2.32. The molecule has 2 unspecified atom stereocenters. The zero-order valence-corrected chi connectivity index (χ0v) is 19.9. The van der Waals surface area contributed by atoms with E-state index in [1.165, 1.54) is 11.3 Å². The summed E-state index contributed by atoms with van der Waals surface area (Å²) in [6, 6.07) is 17.4. The minimum Gasteiger partial charge on any atom is -0.449 e. The lowest BCUT2D eigenvalue weighted by atomic mass is 9.84. The maximum absolute atomic E-state index is 13.4. The van der Waals surface area contributed by atoms with E-state index in [1.54, 1.807) is 6.92 Å². The van der Waals surface area contributed by atoms with Crippen molar-refractivity contribution in [1.82, 2.24) is 9.97 Å². The van der Waals surface area contributed by atoms with Crippen LogP contribution in [0, 0.1) is 5.92 Å². The molecular formula is C27H25N3O3S. The molecule has 172 valence electrons. The number of carbonyl (C=O) groups is 2. The molecule has 0 radical (unpaired) electrons. The summed E-state index contributed by atoms with van der Waals surface area (Å²) in [7, 11) is 0. The lowest BCUT2D eigenvalue weighted by Gasteiger charge is -2.24. The third-order valence-corrected chi connectivity index (χ3v) is 6.92. The average Bonchev–Trinajstić information content (AvgIpc) is 3.31. The SMILES string of the molecule is CC1CCc2nc3ccccc3c(C(=O)OC(C)C(=O)Nc3nc(-c4ccccc4)cs3)c2C1. The van der Waals surface area contributed by atoms with E-state index < -0.39 is 18.0 Å². The summed E-state index contributed by atoms with van der Waals surface area (Å²) in [5.74, 6) is -0.440. The van der Waals surface area contributed by atoms with Gasteiger partial charge < -0.3 is 4.74 Å². The molecule has 0 fully saturated rings. The lowest BCUT2D eigenvalue weighted by Crippen LogP contribution is -2.31. The molecule has 34 heavy (non-hydrogen) atoms. The third-order valence-electron chi connectivity index (χ3n) is 6.17. The number of rotatable bonds is 5. The van der Waals surface area contributed by atoms with Crippen LogP contribution in [0.3, 0.4) is 0 Å². The van der Waals surface area contributed by atoms with Crippen molar-refractivity contribution in [1.29, 1.82) is 0 Å². The summed E-state index contributed by atoms with van der Waals surface area (Å²) in [6.45, 7) is 3.76. The van der Waals surface area contributed by atoms with Gasteiger partial charge in [-0.25, -0.2) is 9.78 Å². The molecule has 0 bridgehead atoms. The molecule has 0 saturated carbocycles. The van der Waals surface area contributed by atoms with Crippen molar-refractivity contribution in [3.63, 3.8) is 0 Å². The first-order valence-corrected chi connectivity index (χ1v) is 12.3. The van der Waals surface area contributed by atoms with Crippen LogP contribution in [-0.2, 0) is 22.4 Å². The number of para-hydroxylation sites is 1. The van der Waals surface area contributed by atoms with Gasteiger partial charge in [0.1, 0.15) is 0 Å². The van der Waals surface area contributed by atoms with Crippen LogP contribution in [0.2, 0.25) is 0 Å². The van der Waals surface area contributed by atoms with E-state index in [0.717, 1.165) is 52.7 Å². The monoisotopic (exact) mass is 471 g/mol. The summed E-state index contributed by atoms with van der Waals surface area (Å²) in [5.41, 5.74) is 4.97. The van der Waals surface area contributed by atoms with Gasteiger partial charge in [-0.15, -0.1) is 11.3 Å². The van der Waals surface area contributed by atoms with E-state index in [4.69, 9.17) is 9.72 Å². The van der Waals surface area contributed by atoms with Gasteiger partial charge in [0.05, 0.1) is 16.8 Å². The van der Waals surface area contributed by atoms with Crippen LogP contribution in [0.5, 0.6) is 0 Å². The van der Waals surface area contributed by atoms with Crippen molar-refractivity contribution in [2.75, 3.05) is 5.32 Å². The fraction of sp³-hybridized carbons (Fsp3) is 0.259. The van der Waals surface area contributed by atoms with Gasteiger partial charge in [0, 0.05) is 22.0 Å². The Balaban J connectivity index is 1.35. The number of hydrogen-bond acceptors (Lipinski definition) is 6. The molecule has 1 aliphatic rings. The average molecular weight is 472 g/mol. The van der Waals surface area contributed by atoms with E-state index in [1.807, 2.05) is 60.0 Å². The molecule has 0 spiro atoms. The van der Waals surface area contributed by atoms with Gasteiger partial charge in [-0.3, -0.25) is 15.1 Å². The van der Waals surface area contributed by atoms with Crippen LogP contribution in [-0.4, -0.2) is 27.9 Å². The van der Waals surface area contributed by atoms with E-state index in [9.17, 15) is 9.59 Å². The summed E-state index contributed by atoms with van der Waals surface area (Å²) >= 11 is 1.33. The van der Waals surface area contributed by atoms with Gasteiger partial charge in [-0.2, -0.15) is 0 Å². The van der Waals surface area contributed by atoms with Crippen LogP contribution in [0.25, 0.3) is 22.2 Å². The number of fused-ring (bicyclic) bond motifs is 2. The zero-order chi connectivity index (χ0) is 23.7. The molecule has 1 aliphatic carbocycles. The van der Waals surface area contributed by atoms with Gasteiger partial charge in [0.15, 0.2) is 11.2 Å². The maximum Gasteiger partial charge on any atom is 0.339 e. The van der Waals surface area contributed by atoms with E-state index >= 15 is 0 Å². The van der Waals surface area contributed by atoms with E-state index in [-0.39, 0.29) is 0 Å². The second-order valence-electron chi connectivity index (χ2n) is 8.72. The van der Waals surface area contributed by atoms with Crippen molar-refractivity contribution >= 4 is 39.2 Å². The molecule has 6 nitrogen and oxygen atoms in total. The van der Waals surface area contributed by atoms with Gasteiger partial charge in [0.25, 0.3) is 5.91 Å². The highest BCUT2D eigenvalue weighted by atomic mass is 32.1. The van der Waals surface area contributed by atoms with Gasteiger partial charge in [-0.1, -0.05) is 55.5 Å². The Labute approximate surface area is 202 Å². The van der Waals surface area contributed by atoms with Gasteiger partial charge >= 0.3 is 5.97 Å². The predicted molar refractivity (Wildman–Crippen MR) is 134 cm³/mol. The molecule has 0 aliphatic heterocycles. The summed E-state index contributed by atoms with van der Waals surface area (Å²) in [6.07, 6.45) is 1.69. The number of esters is 1. The van der Waals surface area contributed by atoms with Crippen LogP contribution < -0.4 is 5.32 Å². The van der Waals surface area contributed by atoms with Crippen molar-refractivity contribution in [2.24, 2.45) is 5.92 Å². The fourth-order valence-corrected chi connectivity index (χ4v) is 5.07. The highest BCUT2D eigenvalue weighted by Gasteiger charge is 2.28. The summed E-state index contributed by atoms with van der Waals surface area (Å²) in [4.78, 5) is 35.4. The number of anilines is 1. The molecule has 2 aromatic carbocycles. The maximum atomic E-state index is 13.4. The van der Waals surface area contributed by atoms with Gasteiger partial charge in [-0.05, 0) is 43.7 Å². The topological polar surface area (TPSA) is 81.2 Å². The molecule has 2 aromatic heterocycles. The Morgan fingerprint density at radius 1 is 1.09 bits per heavy atom. The van der Waals surface area contributed by atoms with Crippen LogP contribution >= 0.6 is 11.3 Å². The number of benzene rings is 2. The smallest absolute Gasteiger partial charge is 0.339 e. The quantitative estimate of drug-likeness (QED) is 0.380. The molecule has 2 atom stereocenters. The van der Waals surface area contributed by atoms with Crippen molar-refractivity contribution in [3.8, 4) is 11.3 Å². The van der Waals surface area contributed by atoms with Crippen LogP contribution in [0.1, 0.15) is 41.9 Å². The third kappa shape index (κ3) is 4.43. The molecule has 7 heteroatoms. The number of hydrogen-bond donors (Lipinski definition) is 1. The second-order valence-corrected chi connectivity index (χ2v) is 9.58. The number of thiazole rings is 1. The fourth-order valence-electron chi connectivity index (χ4n) is 4.35. The minimum atomic E-state index is -0.972. The predicted octanol–water partition coefficient (Wildman–Crippen LogP) is 5.67. The normalized spacial score (nSPS) is 16.0. The molecule has 1 N–H and O–H groups in total. The molecule has 1 amide bonds. The van der Waals surface area contributed by atoms with E-state index in [2.05, 4.69) is 17.2 Å². The molecule has 4 aromatic rings. The first-order chi connectivity index (χ1) is 16.5. The summed E-state index contributed by atoms with van der Waals surface area (Å²) < 4.78 is 5.67. The Bertz CT molecular complexity index is 1370. The second kappa shape index (κ2) is 9.35. The van der Waals surface area contributed by atoms with Gasteiger partial charge in [0.2, 0.25) is 0 Å². The van der Waals surface area contributed by atoms with Crippen molar-refractivity contribution < 1.29 is 14.3 Å². The number of amides is 1. The highest BCUT2D eigenvalue weighted by molar-refractivity contribution is 7.14. The van der Waals surface area contributed by atoms with Crippen LogP contribution in [0.4, 0.5) is 5.13 Å². The number of nitrogens with one attached hydrogen (secondary N) is 1. The number of ether oxygens (including phenoxy) is 1. The van der Waals surface area contributed by atoms with Crippen LogP contribution in [0.15, 0.2) is 60.0 Å².